The minimum Gasteiger partial charge on any atom is -0.151 e. The number of rotatable bonds is 3. The van der Waals surface area contributed by atoms with Crippen molar-refractivity contribution >= 4 is 16.9 Å². The zero-order valence-electron chi connectivity index (χ0n) is 8.08. The van der Waals surface area contributed by atoms with Crippen LogP contribution in [-0.4, -0.2) is 0 Å². The Morgan fingerprint density at radius 1 is 1.46 bits per heavy atom. The first-order valence-electron chi connectivity index (χ1n) is 4.28. The van der Waals surface area contributed by atoms with Gasteiger partial charge in [0.1, 0.15) is 0 Å². The second-order valence-corrected chi connectivity index (χ2v) is 3.57. The lowest BCUT2D eigenvalue weighted by atomic mass is 10.1. The van der Waals surface area contributed by atoms with Gasteiger partial charge in [0.05, 0.1) is 0 Å². The first kappa shape index (κ1) is 10.0. The maximum Gasteiger partial charge on any atom is -0.00120 e. The van der Waals surface area contributed by atoms with Crippen molar-refractivity contribution in [1.29, 1.82) is 0 Å². The van der Waals surface area contributed by atoms with Crippen molar-refractivity contribution < 1.29 is 0 Å². The largest absolute Gasteiger partial charge is 0.151 e. The summed E-state index contributed by atoms with van der Waals surface area (Å²) in [5.74, 6) is 0. The van der Waals surface area contributed by atoms with Crippen molar-refractivity contribution in [3.8, 4) is 0 Å². The van der Waals surface area contributed by atoms with Gasteiger partial charge in [0, 0.05) is 0 Å². The van der Waals surface area contributed by atoms with E-state index in [0.29, 0.717) is 0 Å². The molecule has 1 heteroatoms. The molecule has 1 heterocycles. The molecule has 1 aromatic rings. The van der Waals surface area contributed by atoms with Crippen LogP contribution in [0.15, 0.2) is 41.6 Å². The Morgan fingerprint density at radius 3 is 2.69 bits per heavy atom. The lowest BCUT2D eigenvalue weighted by Gasteiger charge is -1.99. The summed E-state index contributed by atoms with van der Waals surface area (Å²) in [6.45, 7) is 7.87. The Balaban J connectivity index is 3.09. The molecule has 0 saturated heterocycles. The van der Waals surface area contributed by atoms with Crippen LogP contribution in [0.3, 0.4) is 0 Å². The fourth-order valence-electron chi connectivity index (χ4n) is 1.20. The number of allylic oxidation sites excluding steroid dienone is 5. The second-order valence-electron chi connectivity index (χ2n) is 2.83. The van der Waals surface area contributed by atoms with Gasteiger partial charge in [-0.15, -0.1) is 0 Å². The fourth-order valence-corrected chi connectivity index (χ4v) is 2.06. The molecule has 68 valence electrons. The molecule has 0 radical (unpaired) electrons. The Kier molecular flexibility index (Phi) is 3.71. The van der Waals surface area contributed by atoms with E-state index in [1.807, 2.05) is 25.2 Å². The zero-order chi connectivity index (χ0) is 9.68. The summed E-state index contributed by atoms with van der Waals surface area (Å²) < 4.78 is 0. The molecule has 0 aliphatic rings. The van der Waals surface area contributed by atoms with Crippen LogP contribution in [0.5, 0.6) is 0 Å². The third kappa shape index (κ3) is 2.43. The van der Waals surface area contributed by atoms with Gasteiger partial charge in [-0.25, -0.2) is 0 Å². The average Bonchev–Trinajstić information content (AvgIpc) is 2.51. The Bertz CT molecular complexity index is 340. The topological polar surface area (TPSA) is 0 Å². The van der Waals surface area contributed by atoms with E-state index in [1.165, 1.54) is 16.7 Å². The number of hydrogen-bond donors (Lipinski definition) is 0. The molecule has 0 amide bonds. The van der Waals surface area contributed by atoms with E-state index in [1.54, 1.807) is 11.3 Å². The minimum absolute atomic E-state index is 1.23. The van der Waals surface area contributed by atoms with E-state index < -0.39 is 0 Å². The highest BCUT2D eigenvalue weighted by atomic mass is 32.1. The lowest BCUT2D eigenvalue weighted by molar-refractivity contribution is 1.50. The fraction of sp³-hybridized carbons (Fsp3) is 0.167. The molecule has 0 spiro atoms. The Labute approximate surface area is 83.9 Å². The highest BCUT2D eigenvalue weighted by molar-refractivity contribution is 7.08. The van der Waals surface area contributed by atoms with Crippen LogP contribution >= 0.6 is 11.3 Å². The van der Waals surface area contributed by atoms with E-state index in [4.69, 9.17) is 0 Å². The van der Waals surface area contributed by atoms with Gasteiger partial charge in [0.2, 0.25) is 0 Å². The quantitative estimate of drug-likeness (QED) is 0.626. The molecular weight excluding hydrogens is 176 g/mol. The van der Waals surface area contributed by atoms with E-state index in [0.717, 1.165) is 0 Å². The van der Waals surface area contributed by atoms with E-state index in [9.17, 15) is 0 Å². The summed E-state index contributed by atoms with van der Waals surface area (Å²) in [6.07, 6.45) is 8.02. The van der Waals surface area contributed by atoms with Crippen molar-refractivity contribution in [2.24, 2.45) is 0 Å². The van der Waals surface area contributed by atoms with E-state index in [-0.39, 0.29) is 0 Å². The first-order valence-corrected chi connectivity index (χ1v) is 5.22. The molecule has 0 saturated carbocycles. The second kappa shape index (κ2) is 4.83. The van der Waals surface area contributed by atoms with Gasteiger partial charge in [-0.2, -0.15) is 11.3 Å². The summed E-state index contributed by atoms with van der Waals surface area (Å²) in [5.41, 5.74) is 3.87. The molecule has 0 aliphatic carbocycles. The Hall–Kier alpha value is -1.08. The first-order chi connectivity index (χ1) is 6.29. The number of hydrogen-bond acceptors (Lipinski definition) is 1. The third-order valence-electron chi connectivity index (χ3n) is 1.81. The average molecular weight is 190 g/mol. The van der Waals surface area contributed by atoms with E-state index >= 15 is 0 Å². The van der Waals surface area contributed by atoms with Crippen molar-refractivity contribution in [3.05, 3.63) is 52.8 Å². The van der Waals surface area contributed by atoms with Crippen LogP contribution in [-0.2, 0) is 0 Å². The zero-order valence-corrected chi connectivity index (χ0v) is 8.90. The van der Waals surface area contributed by atoms with Crippen molar-refractivity contribution in [2.45, 2.75) is 13.8 Å². The molecule has 0 fully saturated rings. The van der Waals surface area contributed by atoms with Crippen LogP contribution in [0.4, 0.5) is 0 Å². The highest BCUT2D eigenvalue weighted by Gasteiger charge is 2.01. The van der Waals surface area contributed by atoms with E-state index in [2.05, 4.69) is 30.3 Å². The van der Waals surface area contributed by atoms with Crippen LogP contribution in [0.2, 0.25) is 0 Å². The summed E-state index contributed by atoms with van der Waals surface area (Å²) >= 11 is 1.74. The minimum atomic E-state index is 1.23. The van der Waals surface area contributed by atoms with Crippen LogP contribution in [0.1, 0.15) is 18.1 Å². The normalized spacial score (nSPS) is 12.3. The standard InChI is InChI=1S/C12H14S/c1-4-6-11(7-5-2)12-9-13-8-10(12)3/h4-9H,1H2,2-3H3/b7-5-,11-6+. The summed E-state index contributed by atoms with van der Waals surface area (Å²) in [5, 5.41) is 4.33. The summed E-state index contributed by atoms with van der Waals surface area (Å²) in [7, 11) is 0. The smallest absolute Gasteiger partial charge is 0.00120 e. The van der Waals surface area contributed by atoms with Gasteiger partial charge in [-0.3, -0.25) is 0 Å². The lowest BCUT2D eigenvalue weighted by Crippen LogP contribution is -1.79. The molecule has 1 aromatic heterocycles. The van der Waals surface area contributed by atoms with Crippen molar-refractivity contribution in [3.63, 3.8) is 0 Å². The van der Waals surface area contributed by atoms with Crippen LogP contribution in [0, 0.1) is 6.92 Å². The molecule has 0 bridgehead atoms. The molecular formula is C12H14S. The van der Waals surface area contributed by atoms with Crippen molar-refractivity contribution in [2.75, 3.05) is 0 Å². The summed E-state index contributed by atoms with van der Waals surface area (Å²) in [6, 6.07) is 0. The molecule has 0 atom stereocenters. The summed E-state index contributed by atoms with van der Waals surface area (Å²) in [4.78, 5) is 0. The van der Waals surface area contributed by atoms with Gasteiger partial charge in [-0.05, 0) is 41.3 Å². The van der Waals surface area contributed by atoms with Gasteiger partial charge in [0.15, 0.2) is 0 Å². The predicted molar refractivity (Wildman–Crippen MR) is 62.0 cm³/mol. The van der Waals surface area contributed by atoms with Gasteiger partial charge < -0.3 is 0 Å². The van der Waals surface area contributed by atoms with Gasteiger partial charge >= 0.3 is 0 Å². The number of thiophene rings is 1. The molecule has 13 heavy (non-hydrogen) atoms. The molecule has 0 aromatic carbocycles. The molecule has 0 nitrogen and oxygen atoms in total. The molecule has 0 unspecified atom stereocenters. The SMILES string of the molecule is C=C/C=C(\C=C/C)c1cscc1C. The van der Waals surface area contributed by atoms with Crippen LogP contribution < -0.4 is 0 Å². The maximum atomic E-state index is 3.72. The Morgan fingerprint density at radius 2 is 2.23 bits per heavy atom. The third-order valence-corrected chi connectivity index (χ3v) is 2.67. The molecule has 1 rings (SSSR count). The highest BCUT2D eigenvalue weighted by Crippen LogP contribution is 2.23. The predicted octanol–water partition coefficient (Wildman–Crippen LogP) is 4.20. The monoisotopic (exact) mass is 190 g/mol. The van der Waals surface area contributed by atoms with Gasteiger partial charge in [-0.1, -0.05) is 30.9 Å². The van der Waals surface area contributed by atoms with Crippen molar-refractivity contribution in [1.82, 2.24) is 0 Å². The van der Waals surface area contributed by atoms with Crippen LogP contribution in [0.25, 0.3) is 5.57 Å². The molecule has 0 N–H and O–H groups in total. The number of aryl methyl sites for hydroxylation is 1. The maximum absolute atomic E-state index is 3.72. The van der Waals surface area contributed by atoms with Gasteiger partial charge in [0.25, 0.3) is 0 Å². The molecule has 0 aliphatic heterocycles.